The number of fused-ring (bicyclic) bond motifs is 6. The predicted molar refractivity (Wildman–Crippen MR) is 234 cm³/mol. The summed E-state index contributed by atoms with van der Waals surface area (Å²) in [7, 11) is -18.8. The van der Waals surface area contributed by atoms with Crippen molar-refractivity contribution in [2.45, 2.75) is 85.3 Å². The summed E-state index contributed by atoms with van der Waals surface area (Å²) in [5.74, 6) is -1.45. The highest BCUT2D eigenvalue weighted by molar-refractivity contribution is 7.87. The summed E-state index contributed by atoms with van der Waals surface area (Å²) in [6.07, 6.45) is 10.7. The van der Waals surface area contributed by atoms with Gasteiger partial charge in [0.15, 0.2) is 5.71 Å². The Kier molecular flexibility index (Phi) is 12.6. The van der Waals surface area contributed by atoms with Crippen LogP contribution in [0.2, 0.25) is 0 Å². The van der Waals surface area contributed by atoms with E-state index in [1.165, 1.54) is 18.2 Å². The molecule has 6 rings (SSSR count). The van der Waals surface area contributed by atoms with Gasteiger partial charge in [0, 0.05) is 59.3 Å². The third-order valence-electron chi connectivity index (χ3n) is 11.4. The Morgan fingerprint density at radius 1 is 0.677 bits per heavy atom. The quantitative estimate of drug-likeness (QED) is 0.0334. The largest absolute Gasteiger partial charge is 0.481 e. The van der Waals surface area contributed by atoms with Crippen molar-refractivity contribution in [1.29, 1.82) is 0 Å². The van der Waals surface area contributed by atoms with Gasteiger partial charge >= 0.3 is 5.97 Å². The molecule has 20 heteroatoms. The molecule has 0 saturated heterocycles. The second-order valence-corrected chi connectivity index (χ2v) is 22.1. The van der Waals surface area contributed by atoms with E-state index in [4.69, 9.17) is 5.11 Å². The number of unbranched alkanes of at least 4 members (excludes halogenated alkanes) is 2. The van der Waals surface area contributed by atoms with Gasteiger partial charge in [0.2, 0.25) is 5.69 Å². The first kappa shape index (κ1) is 46.7. The van der Waals surface area contributed by atoms with Crippen LogP contribution >= 0.6 is 0 Å². The smallest absolute Gasteiger partial charge is 0.303 e. The molecule has 4 aromatic rings. The van der Waals surface area contributed by atoms with E-state index < -0.39 is 72.8 Å². The molecule has 5 N–H and O–H groups in total. The molecule has 2 aliphatic rings. The summed E-state index contributed by atoms with van der Waals surface area (Å²) in [5, 5.41) is 10.6. The molecule has 2 aliphatic heterocycles. The van der Waals surface area contributed by atoms with Gasteiger partial charge in [-0.05, 0) is 90.9 Å². The van der Waals surface area contributed by atoms with Crippen LogP contribution in [0, 0.1) is 0 Å². The van der Waals surface area contributed by atoms with Gasteiger partial charge in [-0.15, -0.1) is 0 Å². The van der Waals surface area contributed by atoms with Gasteiger partial charge in [0.25, 0.3) is 40.5 Å². The Hall–Kier alpha value is -4.80. The van der Waals surface area contributed by atoms with Crippen LogP contribution in [0.4, 0.5) is 11.4 Å². The summed E-state index contributed by atoms with van der Waals surface area (Å²) >= 11 is 0. The molecule has 62 heavy (non-hydrogen) atoms. The van der Waals surface area contributed by atoms with Crippen LogP contribution in [0.5, 0.6) is 0 Å². The van der Waals surface area contributed by atoms with Gasteiger partial charge in [-0.3, -0.25) is 23.0 Å². The standard InChI is InChI=1S/C42H46N2O14S4/c1-41(2)36(43(21-10-6-9-14-38(45)46)33-19-16-27-15-17-28(60(50,51)52)24-31(27)39(33)41)12-7-5-8-13-37-42(3,4)40-32-25-29(61(53,54)55)26-35(62(56,57)58)30(32)18-20-34(40)44(37)22-11-23-59(47,48)49/h5,7-8,12-13,15-20,24-26H,6,9-11,14,21-23H2,1-4H3,(H4-,45,46,47,48,49,50,51,52,53,54,55,56,57,58)/p+1. The zero-order valence-corrected chi connectivity index (χ0v) is 37.4. The van der Waals surface area contributed by atoms with Crippen molar-refractivity contribution in [2.24, 2.45) is 0 Å². The van der Waals surface area contributed by atoms with Crippen molar-refractivity contribution < 1.29 is 66.4 Å². The fraction of sp³-hybridized carbons (Fsp3) is 0.333. The van der Waals surface area contributed by atoms with E-state index in [1.54, 1.807) is 54.9 Å². The third-order valence-corrected chi connectivity index (χ3v) is 14.8. The Balaban J connectivity index is 1.43. The Morgan fingerprint density at radius 2 is 1.34 bits per heavy atom. The third kappa shape index (κ3) is 9.42. The van der Waals surface area contributed by atoms with Crippen molar-refractivity contribution in [3.05, 3.63) is 102 Å². The fourth-order valence-corrected chi connectivity index (χ4v) is 11.0. The van der Waals surface area contributed by atoms with Crippen molar-refractivity contribution >= 4 is 85.1 Å². The Labute approximate surface area is 360 Å². The van der Waals surface area contributed by atoms with E-state index in [9.17, 15) is 56.7 Å². The van der Waals surface area contributed by atoms with Gasteiger partial charge < -0.3 is 10.0 Å². The van der Waals surface area contributed by atoms with Crippen molar-refractivity contribution in [3.63, 3.8) is 0 Å². The number of carboxylic acids is 1. The van der Waals surface area contributed by atoms with E-state index >= 15 is 0 Å². The molecule has 16 nitrogen and oxygen atoms in total. The number of carbonyl (C=O) groups is 1. The second-order valence-electron chi connectivity index (χ2n) is 16.3. The second kappa shape index (κ2) is 16.7. The molecule has 0 amide bonds. The normalized spacial score (nSPS) is 17.3. The monoisotopic (exact) mass is 931 g/mol. The summed E-state index contributed by atoms with van der Waals surface area (Å²) in [5.41, 5.74) is 2.26. The first-order chi connectivity index (χ1) is 28.6. The van der Waals surface area contributed by atoms with Gasteiger partial charge in [0.05, 0.1) is 21.0 Å². The van der Waals surface area contributed by atoms with E-state index in [0.717, 1.165) is 28.4 Å². The minimum Gasteiger partial charge on any atom is -0.481 e. The first-order valence-electron chi connectivity index (χ1n) is 19.4. The van der Waals surface area contributed by atoms with Gasteiger partial charge in [0.1, 0.15) is 11.4 Å². The van der Waals surface area contributed by atoms with Crippen molar-refractivity contribution in [3.8, 4) is 0 Å². The number of rotatable bonds is 16. The maximum absolute atomic E-state index is 12.5. The molecule has 0 saturated carbocycles. The van der Waals surface area contributed by atoms with Crippen LogP contribution in [-0.4, -0.2) is 92.1 Å². The van der Waals surface area contributed by atoms with E-state index in [0.29, 0.717) is 54.2 Å². The van der Waals surface area contributed by atoms with Gasteiger partial charge in [-0.2, -0.15) is 38.2 Å². The number of aliphatic carboxylic acids is 1. The number of benzene rings is 4. The lowest BCUT2D eigenvalue weighted by molar-refractivity contribution is -0.437. The molecule has 0 spiro atoms. The Morgan fingerprint density at radius 3 is 1.97 bits per heavy atom. The van der Waals surface area contributed by atoms with E-state index in [2.05, 4.69) is 4.90 Å². The summed E-state index contributed by atoms with van der Waals surface area (Å²) in [4.78, 5) is 11.5. The van der Waals surface area contributed by atoms with Crippen LogP contribution in [-0.2, 0) is 56.1 Å². The summed E-state index contributed by atoms with van der Waals surface area (Å²) in [6.45, 7) is 8.14. The summed E-state index contributed by atoms with van der Waals surface area (Å²) < 4.78 is 139. The molecule has 0 atom stereocenters. The van der Waals surface area contributed by atoms with Crippen LogP contribution < -0.4 is 4.90 Å². The fourth-order valence-electron chi connectivity index (χ4n) is 8.69. The van der Waals surface area contributed by atoms with Crippen LogP contribution in [0.3, 0.4) is 0 Å². The van der Waals surface area contributed by atoms with Crippen LogP contribution in [0.15, 0.2) is 105 Å². The highest BCUT2D eigenvalue weighted by Gasteiger charge is 2.46. The number of hydrogen-bond acceptors (Lipinski definition) is 10. The molecule has 0 aliphatic carbocycles. The lowest BCUT2D eigenvalue weighted by Gasteiger charge is -2.27. The van der Waals surface area contributed by atoms with Gasteiger partial charge in [-0.25, -0.2) is 0 Å². The molecule has 2 heterocycles. The zero-order chi connectivity index (χ0) is 45.8. The molecule has 332 valence electrons. The molecule has 4 aromatic carbocycles. The predicted octanol–water partition coefficient (Wildman–Crippen LogP) is 6.83. The van der Waals surface area contributed by atoms with Crippen molar-refractivity contribution in [2.75, 3.05) is 23.7 Å². The molecule has 0 bridgehead atoms. The number of anilines is 1. The minimum absolute atomic E-state index is 0.0186. The highest BCUT2D eigenvalue weighted by Crippen LogP contribution is 2.51. The number of allylic oxidation sites excluding steroid dienone is 6. The first-order valence-corrected chi connectivity index (χ1v) is 25.3. The number of hydrogen-bond donors (Lipinski definition) is 5. The molecule has 0 aromatic heterocycles. The summed E-state index contributed by atoms with van der Waals surface area (Å²) in [6, 6.07) is 13.0. The van der Waals surface area contributed by atoms with Crippen molar-refractivity contribution in [1.82, 2.24) is 0 Å². The minimum atomic E-state index is -4.99. The maximum Gasteiger partial charge on any atom is 0.303 e. The molecule has 0 fully saturated rings. The van der Waals surface area contributed by atoms with E-state index in [-0.39, 0.29) is 35.1 Å². The lowest BCUT2D eigenvalue weighted by Crippen LogP contribution is -2.28. The van der Waals surface area contributed by atoms with E-state index in [1.807, 2.05) is 32.1 Å². The average Bonchev–Trinajstić information content (AvgIpc) is 3.50. The molecular formula is C42H47N2O14S4+. The number of carboxylic acid groups (broad SMARTS) is 1. The molecule has 0 radical (unpaired) electrons. The zero-order valence-electron chi connectivity index (χ0n) is 34.2. The lowest BCUT2D eigenvalue weighted by atomic mass is 9.79. The molecular weight excluding hydrogens is 885 g/mol. The van der Waals surface area contributed by atoms with Gasteiger partial charge in [-0.1, -0.05) is 50.6 Å². The Bertz CT molecular complexity index is 3110. The average molecular weight is 932 g/mol. The maximum atomic E-state index is 12.5. The highest BCUT2D eigenvalue weighted by atomic mass is 32.2. The molecule has 0 unspecified atom stereocenters. The number of nitrogens with zero attached hydrogens (tertiary/aromatic N) is 2. The van der Waals surface area contributed by atoms with Crippen LogP contribution in [0.25, 0.3) is 21.5 Å². The SMILES string of the molecule is CC1(C)C(/C=C/C=C/C=C2/N(CCCCCC(=O)O)c3ccc4ccc(S(=O)(=O)O)cc4c3C2(C)C)=[N+](CCCS(=O)(=O)O)c2ccc3c(S(=O)(=O)O)cc(S(=O)(=O)O)cc3c21. The topological polar surface area (TPSA) is 261 Å². The van der Waals surface area contributed by atoms with Crippen LogP contribution in [0.1, 0.15) is 70.9 Å².